The Morgan fingerprint density at radius 2 is 2.13 bits per heavy atom. The second-order valence-electron chi connectivity index (χ2n) is 3.09. The third-order valence-electron chi connectivity index (χ3n) is 2.07. The van der Waals surface area contributed by atoms with Gasteiger partial charge < -0.3 is 14.9 Å². The second kappa shape index (κ2) is 5.61. The normalized spacial score (nSPS) is 14.7. The van der Waals surface area contributed by atoms with Crippen LogP contribution in [0.4, 0.5) is 0 Å². The first-order valence-corrected chi connectivity index (χ1v) is 5.41. The zero-order chi connectivity index (χ0) is 11.4. The van der Waals surface area contributed by atoms with E-state index in [4.69, 9.17) is 16.3 Å². The molecule has 2 unspecified atom stereocenters. The molecule has 0 aliphatic rings. The smallest absolute Gasteiger partial charge is 0.137 e. The molecule has 1 aromatic carbocycles. The van der Waals surface area contributed by atoms with Crippen LogP contribution in [0.1, 0.15) is 11.7 Å². The lowest BCUT2D eigenvalue weighted by atomic mass is 10.1. The molecule has 0 bridgehead atoms. The van der Waals surface area contributed by atoms with Crippen molar-refractivity contribution in [3.63, 3.8) is 0 Å². The summed E-state index contributed by atoms with van der Waals surface area (Å²) in [7, 11) is 1.51. The van der Waals surface area contributed by atoms with Gasteiger partial charge >= 0.3 is 0 Å². The Morgan fingerprint density at radius 3 is 2.60 bits per heavy atom. The minimum Gasteiger partial charge on any atom is -0.495 e. The van der Waals surface area contributed by atoms with E-state index in [2.05, 4.69) is 12.6 Å². The third-order valence-corrected chi connectivity index (χ3v) is 2.74. The van der Waals surface area contributed by atoms with Gasteiger partial charge in [0.05, 0.1) is 18.2 Å². The van der Waals surface area contributed by atoms with Gasteiger partial charge in [-0.25, -0.2) is 0 Å². The molecule has 0 saturated heterocycles. The van der Waals surface area contributed by atoms with Crippen LogP contribution >= 0.6 is 24.2 Å². The Hall–Kier alpha value is -0.420. The Morgan fingerprint density at radius 1 is 1.47 bits per heavy atom. The molecule has 0 radical (unpaired) electrons. The molecular formula is C10H13ClO3S. The van der Waals surface area contributed by atoms with E-state index in [0.717, 1.165) is 0 Å². The maximum atomic E-state index is 9.68. The van der Waals surface area contributed by atoms with Gasteiger partial charge in [0.25, 0.3) is 0 Å². The maximum absolute atomic E-state index is 9.68. The van der Waals surface area contributed by atoms with Crippen LogP contribution in [0, 0.1) is 0 Å². The zero-order valence-corrected chi connectivity index (χ0v) is 9.87. The molecule has 2 N–H and O–H groups in total. The average Bonchev–Trinajstić information content (AvgIpc) is 2.26. The molecule has 3 nitrogen and oxygen atoms in total. The van der Waals surface area contributed by atoms with E-state index in [9.17, 15) is 10.2 Å². The fourth-order valence-electron chi connectivity index (χ4n) is 1.19. The van der Waals surface area contributed by atoms with Crippen molar-refractivity contribution in [1.82, 2.24) is 0 Å². The van der Waals surface area contributed by atoms with Gasteiger partial charge in [0.2, 0.25) is 0 Å². The molecule has 15 heavy (non-hydrogen) atoms. The third kappa shape index (κ3) is 3.01. The Bertz CT molecular complexity index is 332. The van der Waals surface area contributed by atoms with Crippen molar-refractivity contribution in [2.75, 3.05) is 12.9 Å². The van der Waals surface area contributed by atoms with E-state index in [0.29, 0.717) is 16.3 Å². The molecule has 5 heteroatoms. The van der Waals surface area contributed by atoms with E-state index in [-0.39, 0.29) is 5.75 Å². The molecule has 0 amide bonds. The number of methoxy groups -OCH3 is 1. The lowest BCUT2D eigenvalue weighted by Gasteiger charge is -2.16. The second-order valence-corrected chi connectivity index (χ2v) is 3.86. The number of aliphatic hydroxyl groups excluding tert-OH is 2. The summed E-state index contributed by atoms with van der Waals surface area (Å²) in [6, 6.07) is 4.87. The number of hydrogen-bond acceptors (Lipinski definition) is 4. The Balaban J connectivity index is 2.92. The van der Waals surface area contributed by atoms with Gasteiger partial charge in [0, 0.05) is 5.75 Å². The molecule has 0 aromatic heterocycles. The van der Waals surface area contributed by atoms with E-state index in [1.165, 1.54) is 7.11 Å². The highest BCUT2D eigenvalue weighted by Gasteiger charge is 2.17. The van der Waals surface area contributed by atoms with Crippen molar-refractivity contribution in [3.8, 4) is 5.75 Å². The fourth-order valence-corrected chi connectivity index (χ4v) is 1.65. The molecule has 0 aliphatic carbocycles. The van der Waals surface area contributed by atoms with Gasteiger partial charge in [-0.1, -0.05) is 17.7 Å². The number of hydrogen-bond donors (Lipinski definition) is 3. The molecule has 2 atom stereocenters. The Labute approximate surface area is 99.1 Å². The number of thiol groups is 1. The number of halogens is 1. The van der Waals surface area contributed by atoms with Gasteiger partial charge in [0.1, 0.15) is 11.9 Å². The summed E-state index contributed by atoms with van der Waals surface area (Å²) in [5.41, 5.74) is 0.544. The molecule has 1 aromatic rings. The molecule has 0 saturated carbocycles. The SMILES string of the molecule is COc1ccc(C(O)C(O)CS)cc1Cl. The van der Waals surface area contributed by atoms with Crippen LogP contribution in [-0.2, 0) is 0 Å². The summed E-state index contributed by atoms with van der Waals surface area (Å²) in [6.07, 6.45) is -1.89. The summed E-state index contributed by atoms with van der Waals surface area (Å²) in [4.78, 5) is 0. The van der Waals surface area contributed by atoms with Crippen LogP contribution in [0.15, 0.2) is 18.2 Å². The molecule has 0 spiro atoms. The summed E-state index contributed by atoms with van der Waals surface area (Å²) < 4.78 is 4.98. The Kier molecular flexibility index (Phi) is 4.73. The average molecular weight is 249 g/mol. The van der Waals surface area contributed by atoms with Gasteiger partial charge in [0.15, 0.2) is 0 Å². The summed E-state index contributed by atoms with van der Waals surface area (Å²) in [5.74, 6) is 0.720. The largest absolute Gasteiger partial charge is 0.495 e. The molecule has 0 heterocycles. The predicted molar refractivity (Wildman–Crippen MR) is 62.8 cm³/mol. The molecule has 0 fully saturated rings. The van der Waals surface area contributed by atoms with Crippen molar-refractivity contribution < 1.29 is 14.9 Å². The molecular weight excluding hydrogens is 236 g/mol. The van der Waals surface area contributed by atoms with E-state index in [1.54, 1.807) is 18.2 Å². The highest BCUT2D eigenvalue weighted by atomic mass is 35.5. The zero-order valence-electron chi connectivity index (χ0n) is 8.22. The standard InChI is InChI=1S/C10H13ClO3S/c1-14-9-3-2-6(4-7(9)11)10(13)8(12)5-15/h2-4,8,10,12-13,15H,5H2,1H3. The van der Waals surface area contributed by atoms with Gasteiger partial charge in [-0.15, -0.1) is 0 Å². The summed E-state index contributed by atoms with van der Waals surface area (Å²) in [6.45, 7) is 0. The van der Waals surface area contributed by atoms with Gasteiger partial charge in [-0.3, -0.25) is 0 Å². The van der Waals surface area contributed by atoms with Gasteiger partial charge in [-0.2, -0.15) is 12.6 Å². The first-order chi connectivity index (χ1) is 7.10. The van der Waals surface area contributed by atoms with Crippen LogP contribution in [0.3, 0.4) is 0 Å². The topological polar surface area (TPSA) is 49.7 Å². The lowest BCUT2D eigenvalue weighted by molar-refractivity contribution is 0.0337. The van der Waals surface area contributed by atoms with Crippen molar-refractivity contribution in [3.05, 3.63) is 28.8 Å². The minimum absolute atomic E-state index is 0.185. The quantitative estimate of drug-likeness (QED) is 0.711. The first-order valence-electron chi connectivity index (χ1n) is 4.40. The van der Waals surface area contributed by atoms with E-state index < -0.39 is 12.2 Å². The molecule has 0 aliphatic heterocycles. The number of rotatable bonds is 4. The van der Waals surface area contributed by atoms with Crippen molar-refractivity contribution >= 4 is 24.2 Å². The summed E-state index contributed by atoms with van der Waals surface area (Å²) in [5, 5.41) is 19.5. The van der Waals surface area contributed by atoms with E-state index >= 15 is 0 Å². The number of aliphatic hydroxyl groups is 2. The lowest BCUT2D eigenvalue weighted by Crippen LogP contribution is -2.19. The van der Waals surface area contributed by atoms with Crippen LogP contribution in [0.25, 0.3) is 0 Å². The molecule has 84 valence electrons. The monoisotopic (exact) mass is 248 g/mol. The predicted octanol–water partition coefficient (Wildman–Crippen LogP) is 1.67. The number of benzene rings is 1. The molecule has 1 rings (SSSR count). The van der Waals surface area contributed by atoms with Crippen molar-refractivity contribution in [1.29, 1.82) is 0 Å². The summed E-state index contributed by atoms with van der Waals surface area (Å²) >= 11 is 9.79. The van der Waals surface area contributed by atoms with Crippen LogP contribution in [0.5, 0.6) is 5.75 Å². The van der Waals surface area contributed by atoms with Crippen LogP contribution in [0.2, 0.25) is 5.02 Å². The maximum Gasteiger partial charge on any atom is 0.137 e. The highest BCUT2D eigenvalue weighted by Crippen LogP contribution is 2.28. The minimum atomic E-state index is -0.981. The van der Waals surface area contributed by atoms with Crippen molar-refractivity contribution in [2.45, 2.75) is 12.2 Å². The van der Waals surface area contributed by atoms with Crippen molar-refractivity contribution in [2.24, 2.45) is 0 Å². The first kappa shape index (κ1) is 12.6. The van der Waals surface area contributed by atoms with Crippen LogP contribution in [-0.4, -0.2) is 29.2 Å². The van der Waals surface area contributed by atoms with E-state index in [1.807, 2.05) is 0 Å². The highest BCUT2D eigenvalue weighted by molar-refractivity contribution is 7.80. The van der Waals surface area contributed by atoms with Gasteiger partial charge in [-0.05, 0) is 17.7 Å². The van der Waals surface area contributed by atoms with Crippen LogP contribution < -0.4 is 4.74 Å². The number of ether oxygens (including phenoxy) is 1. The fraction of sp³-hybridized carbons (Fsp3) is 0.400.